The Morgan fingerprint density at radius 3 is 2.43 bits per heavy atom. The normalized spacial score (nSPS) is 13.5. The number of ether oxygens (including phenoxy) is 3. The molecule has 0 unspecified atom stereocenters. The molecule has 2 aromatic rings. The number of fused-ring (bicyclic) bond motifs is 1. The molecule has 0 radical (unpaired) electrons. The summed E-state index contributed by atoms with van der Waals surface area (Å²) in [6, 6.07) is 8.45. The predicted octanol–water partition coefficient (Wildman–Crippen LogP) is 3.84. The molecule has 0 N–H and O–H groups in total. The number of carbonyl (C=O) groups is 1. The summed E-state index contributed by atoms with van der Waals surface area (Å²) < 4.78 is 52.5. The van der Waals surface area contributed by atoms with Crippen molar-refractivity contribution in [3.63, 3.8) is 0 Å². The lowest BCUT2D eigenvalue weighted by atomic mass is 10.0. The van der Waals surface area contributed by atoms with Crippen LogP contribution in [0.25, 0.3) is 11.1 Å². The first-order valence-electron chi connectivity index (χ1n) is 6.71. The van der Waals surface area contributed by atoms with E-state index < -0.39 is 6.36 Å². The maximum Gasteiger partial charge on any atom is 0.573 e. The number of halogens is 3. The van der Waals surface area contributed by atoms with Crippen molar-refractivity contribution in [3.8, 4) is 28.4 Å². The maximum atomic E-state index is 12.6. The molecule has 120 valence electrons. The summed E-state index contributed by atoms with van der Waals surface area (Å²) in [6.45, 7) is 0.770. The second-order valence-corrected chi connectivity index (χ2v) is 4.78. The van der Waals surface area contributed by atoms with E-state index in [1.165, 1.54) is 12.1 Å². The lowest BCUT2D eigenvalue weighted by molar-refractivity contribution is -0.274. The molecule has 1 heterocycles. The maximum absolute atomic E-state index is 12.6. The molecule has 1 aliphatic rings. The number of hydrogen-bond acceptors (Lipinski definition) is 4. The minimum absolute atomic E-state index is 0.142. The highest BCUT2D eigenvalue weighted by Gasteiger charge is 2.32. The highest BCUT2D eigenvalue weighted by Crippen LogP contribution is 2.39. The van der Waals surface area contributed by atoms with Crippen LogP contribution in [0.3, 0.4) is 0 Å². The highest BCUT2D eigenvalue weighted by molar-refractivity contribution is 5.82. The molecule has 2 aromatic carbocycles. The fourth-order valence-electron chi connectivity index (χ4n) is 2.27. The molecule has 0 spiro atoms. The standard InChI is InChI=1S/C16H11F3O4/c17-16(18,19)23-13-3-1-10(9-20)7-12(13)11-2-4-14-15(8-11)22-6-5-21-14/h1-4,7-9H,5-6H2. The van der Waals surface area contributed by atoms with Gasteiger partial charge in [-0.3, -0.25) is 4.79 Å². The molecule has 0 bridgehead atoms. The van der Waals surface area contributed by atoms with E-state index in [0.717, 1.165) is 6.07 Å². The third kappa shape index (κ3) is 3.39. The summed E-state index contributed by atoms with van der Waals surface area (Å²) in [6.07, 6.45) is -4.27. The molecule has 1 aliphatic heterocycles. The minimum atomic E-state index is -4.83. The van der Waals surface area contributed by atoms with Gasteiger partial charge in [-0.15, -0.1) is 13.2 Å². The van der Waals surface area contributed by atoms with Gasteiger partial charge in [0.1, 0.15) is 25.2 Å². The smallest absolute Gasteiger partial charge is 0.486 e. The van der Waals surface area contributed by atoms with E-state index in [1.807, 2.05) is 0 Å². The minimum Gasteiger partial charge on any atom is -0.486 e. The van der Waals surface area contributed by atoms with Crippen molar-refractivity contribution >= 4 is 6.29 Å². The molecule has 0 amide bonds. The number of benzene rings is 2. The largest absolute Gasteiger partial charge is 0.573 e. The Morgan fingerprint density at radius 1 is 1.00 bits per heavy atom. The van der Waals surface area contributed by atoms with Crippen LogP contribution in [0, 0.1) is 0 Å². The Kier molecular flexibility index (Phi) is 3.85. The van der Waals surface area contributed by atoms with Crippen LogP contribution in [0.1, 0.15) is 10.4 Å². The highest BCUT2D eigenvalue weighted by atomic mass is 19.4. The second-order valence-electron chi connectivity index (χ2n) is 4.78. The zero-order valence-electron chi connectivity index (χ0n) is 11.7. The van der Waals surface area contributed by atoms with Crippen molar-refractivity contribution in [2.45, 2.75) is 6.36 Å². The van der Waals surface area contributed by atoms with Crippen molar-refractivity contribution in [2.24, 2.45) is 0 Å². The van der Waals surface area contributed by atoms with E-state index >= 15 is 0 Å². The van der Waals surface area contributed by atoms with Gasteiger partial charge in [0.15, 0.2) is 11.5 Å². The fourth-order valence-corrected chi connectivity index (χ4v) is 2.27. The third-order valence-corrected chi connectivity index (χ3v) is 3.22. The first-order chi connectivity index (χ1) is 11.0. The molecule has 3 rings (SSSR count). The summed E-state index contributed by atoms with van der Waals surface area (Å²) in [5.41, 5.74) is 0.811. The van der Waals surface area contributed by atoms with E-state index in [4.69, 9.17) is 9.47 Å². The monoisotopic (exact) mass is 324 g/mol. The van der Waals surface area contributed by atoms with Crippen LogP contribution >= 0.6 is 0 Å². The fraction of sp³-hybridized carbons (Fsp3) is 0.188. The molecule has 0 saturated heterocycles. The van der Waals surface area contributed by atoms with Gasteiger partial charge in [0.05, 0.1) is 0 Å². The second kappa shape index (κ2) is 5.83. The molecular weight excluding hydrogens is 313 g/mol. The summed E-state index contributed by atoms with van der Waals surface area (Å²) in [5, 5.41) is 0. The van der Waals surface area contributed by atoms with Gasteiger partial charge >= 0.3 is 6.36 Å². The quantitative estimate of drug-likeness (QED) is 0.805. The molecule has 0 aliphatic carbocycles. The summed E-state index contributed by atoms with van der Waals surface area (Å²) in [4.78, 5) is 10.9. The van der Waals surface area contributed by atoms with Crippen LogP contribution in [0.2, 0.25) is 0 Å². The van der Waals surface area contributed by atoms with Crippen LogP contribution in [-0.4, -0.2) is 25.9 Å². The third-order valence-electron chi connectivity index (χ3n) is 3.22. The molecule has 7 heteroatoms. The van der Waals surface area contributed by atoms with E-state index in [9.17, 15) is 18.0 Å². The molecule has 0 atom stereocenters. The Balaban J connectivity index is 2.08. The number of hydrogen-bond donors (Lipinski definition) is 0. The predicted molar refractivity (Wildman–Crippen MR) is 74.9 cm³/mol. The zero-order chi connectivity index (χ0) is 16.4. The molecule has 0 aromatic heterocycles. The van der Waals surface area contributed by atoms with Crippen LogP contribution in [-0.2, 0) is 0 Å². The SMILES string of the molecule is O=Cc1ccc(OC(F)(F)F)c(-c2ccc3c(c2)OCCO3)c1. The molecule has 23 heavy (non-hydrogen) atoms. The van der Waals surface area contributed by atoms with Crippen molar-refractivity contribution in [3.05, 3.63) is 42.0 Å². The van der Waals surface area contributed by atoms with Crippen LogP contribution in [0.15, 0.2) is 36.4 Å². The molecule has 0 fully saturated rings. The Morgan fingerprint density at radius 2 is 1.74 bits per heavy atom. The van der Waals surface area contributed by atoms with Gasteiger partial charge in [-0.1, -0.05) is 6.07 Å². The first kappa shape index (κ1) is 15.2. The van der Waals surface area contributed by atoms with Gasteiger partial charge in [-0.05, 0) is 35.9 Å². The lowest BCUT2D eigenvalue weighted by Gasteiger charge is -2.20. The number of rotatable bonds is 3. The first-order valence-corrected chi connectivity index (χ1v) is 6.71. The molecule has 4 nitrogen and oxygen atoms in total. The topological polar surface area (TPSA) is 44.8 Å². The van der Waals surface area contributed by atoms with E-state index in [-0.39, 0.29) is 16.9 Å². The average Bonchev–Trinajstić information content (AvgIpc) is 2.53. The number of carbonyl (C=O) groups excluding carboxylic acids is 1. The van der Waals surface area contributed by atoms with Crippen LogP contribution < -0.4 is 14.2 Å². The molecular formula is C16H11F3O4. The van der Waals surface area contributed by atoms with Gasteiger partial charge in [-0.25, -0.2) is 0 Å². The van der Waals surface area contributed by atoms with Gasteiger partial charge < -0.3 is 14.2 Å². The lowest BCUT2D eigenvalue weighted by Crippen LogP contribution is -2.18. The van der Waals surface area contributed by atoms with Crippen molar-refractivity contribution in [1.82, 2.24) is 0 Å². The van der Waals surface area contributed by atoms with Crippen LogP contribution in [0.5, 0.6) is 17.2 Å². The van der Waals surface area contributed by atoms with Crippen molar-refractivity contribution in [2.75, 3.05) is 13.2 Å². The van der Waals surface area contributed by atoms with Gasteiger partial charge in [0, 0.05) is 11.1 Å². The Bertz CT molecular complexity index is 741. The van der Waals surface area contributed by atoms with Crippen LogP contribution in [0.4, 0.5) is 13.2 Å². The summed E-state index contributed by atoms with van der Waals surface area (Å²) >= 11 is 0. The number of aldehydes is 1. The van der Waals surface area contributed by atoms with E-state index in [2.05, 4.69) is 4.74 Å². The van der Waals surface area contributed by atoms with Gasteiger partial charge in [-0.2, -0.15) is 0 Å². The van der Waals surface area contributed by atoms with E-state index in [0.29, 0.717) is 36.6 Å². The van der Waals surface area contributed by atoms with Crippen molar-refractivity contribution in [1.29, 1.82) is 0 Å². The molecule has 0 saturated carbocycles. The Hall–Kier alpha value is -2.70. The summed E-state index contributed by atoms with van der Waals surface area (Å²) in [7, 11) is 0. The van der Waals surface area contributed by atoms with Gasteiger partial charge in [0.25, 0.3) is 0 Å². The zero-order valence-corrected chi connectivity index (χ0v) is 11.7. The van der Waals surface area contributed by atoms with E-state index in [1.54, 1.807) is 18.2 Å². The average molecular weight is 324 g/mol. The Labute approximate surface area is 129 Å². The van der Waals surface area contributed by atoms with Gasteiger partial charge in [0.2, 0.25) is 0 Å². The van der Waals surface area contributed by atoms with Crippen molar-refractivity contribution < 1.29 is 32.2 Å². The summed E-state index contributed by atoms with van der Waals surface area (Å²) in [5.74, 6) is 0.563. The number of alkyl halides is 3.